The van der Waals surface area contributed by atoms with Gasteiger partial charge in [-0.2, -0.15) is 0 Å². The fourth-order valence-corrected chi connectivity index (χ4v) is 10.3. The van der Waals surface area contributed by atoms with Crippen molar-refractivity contribution in [1.29, 1.82) is 0 Å². The van der Waals surface area contributed by atoms with Crippen LogP contribution in [0.4, 0.5) is 0 Å². The predicted octanol–water partition coefficient (Wildman–Crippen LogP) is 25.7. The highest BCUT2D eigenvalue weighted by Gasteiger charge is 2.26. The van der Waals surface area contributed by atoms with E-state index in [1.54, 1.807) is 0 Å². The summed E-state index contributed by atoms with van der Waals surface area (Å²) in [5, 5.41) is 0. The second kappa shape index (κ2) is 79.1. The first-order valence-corrected chi connectivity index (χ1v) is 39.4. The van der Waals surface area contributed by atoms with Crippen molar-refractivity contribution in [2.45, 2.75) is 277 Å². The van der Waals surface area contributed by atoms with E-state index in [1.165, 1.54) is 77.0 Å². The number of ether oxygens (including phenoxy) is 2. The number of phosphoric ester groups is 1. The van der Waals surface area contributed by atoms with Gasteiger partial charge < -0.3 is 20.1 Å². The molecule has 0 saturated heterocycles. The second-order valence-corrected chi connectivity index (χ2v) is 25.5. The van der Waals surface area contributed by atoms with Crippen LogP contribution in [0.5, 0.6) is 0 Å². The first kappa shape index (κ1) is 91.1. The molecule has 0 aliphatic heterocycles. The van der Waals surface area contributed by atoms with Gasteiger partial charge in [-0.15, -0.1) is 0 Å². The van der Waals surface area contributed by atoms with Crippen LogP contribution >= 0.6 is 7.82 Å². The third-order valence-electron chi connectivity index (χ3n) is 15.0. The van der Waals surface area contributed by atoms with Crippen molar-refractivity contribution in [3.8, 4) is 0 Å². The fourth-order valence-electron chi connectivity index (χ4n) is 9.54. The molecule has 0 spiro atoms. The van der Waals surface area contributed by atoms with E-state index in [1.807, 2.05) is 0 Å². The Bertz CT molecular complexity index is 2450. The molecule has 0 aromatic heterocycles. The molecule has 2 unspecified atom stereocenters. The van der Waals surface area contributed by atoms with Crippen molar-refractivity contribution in [2.24, 2.45) is 5.73 Å². The van der Waals surface area contributed by atoms with Crippen molar-refractivity contribution >= 4 is 19.8 Å². The Labute approximate surface area is 593 Å². The molecular weight excluding hydrogens is 1220 g/mol. The van der Waals surface area contributed by atoms with Crippen LogP contribution in [0.1, 0.15) is 271 Å². The Morgan fingerprint density at radius 1 is 0.309 bits per heavy atom. The van der Waals surface area contributed by atoms with Crippen molar-refractivity contribution in [1.82, 2.24) is 0 Å². The third-order valence-corrected chi connectivity index (χ3v) is 16.0. The maximum absolute atomic E-state index is 12.8. The molecule has 0 aromatic carbocycles. The second-order valence-electron chi connectivity index (χ2n) is 24.0. The predicted molar refractivity (Wildman–Crippen MR) is 421 cm³/mol. The van der Waals surface area contributed by atoms with Gasteiger partial charge in [-0.1, -0.05) is 328 Å². The minimum absolute atomic E-state index is 0.0349. The lowest BCUT2D eigenvalue weighted by molar-refractivity contribution is -0.161. The monoisotopic (exact) mass is 1350 g/mol. The zero-order chi connectivity index (χ0) is 70.0. The topological polar surface area (TPSA) is 134 Å². The van der Waals surface area contributed by atoms with Crippen LogP contribution < -0.4 is 5.73 Å². The fraction of sp³-hybridized carbons (Fsp3) is 0.540. The van der Waals surface area contributed by atoms with Gasteiger partial charge in [-0.25, -0.2) is 4.57 Å². The number of rotatable bonds is 68. The molecule has 0 radical (unpaired) electrons. The largest absolute Gasteiger partial charge is 0.472 e. The van der Waals surface area contributed by atoms with Gasteiger partial charge in [0.2, 0.25) is 0 Å². The van der Waals surface area contributed by atoms with E-state index in [4.69, 9.17) is 24.3 Å². The number of hydrogen-bond acceptors (Lipinski definition) is 8. The Hall–Kier alpha value is -5.93. The number of phosphoric acid groups is 1. The molecule has 0 rings (SSSR count). The molecule has 0 fully saturated rings. The summed E-state index contributed by atoms with van der Waals surface area (Å²) in [4.78, 5) is 35.4. The van der Waals surface area contributed by atoms with Crippen LogP contribution in [0.15, 0.2) is 231 Å². The molecule has 0 aromatic rings. The van der Waals surface area contributed by atoms with Gasteiger partial charge in [0, 0.05) is 19.4 Å². The molecule has 0 aliphatic rings. The van der Waals surface area contributed by atoms with Crippen LogP contribution in [-0.4, -0.2) is 49.3 Å². The number of unbranched alkanes of at least 4 members (excludes halogenated alkanes) is 17. The maximum Gasteiger partial charge on any atom is 0.472 e. The highest BCUT2D eigenvalue weighted by atomic mass is 31.2. The zero-order valence-corrected chi connectivity index (χ0v) is 61.9. The lowest BCUT2D eigenvalue weighted by Gasteiger charge is -2.19. The number of allylic oxidation sites excluding steroid dienone is 38. The van der Waals surface area contributed by atoms with Gasteiger partial charge >= 0.3 is 19.8 Å². The summed E-state index contributed by atoms with van der Waals surface area (Å²) in [6, 6.07) is 0. The molecule has 2 atom stereocenters. The van der Waals surface area contributed by atoms with E-state index in [-0.39, 0.29) is 32.6 Å². The van der Waals surface area contributed by atoms with Gasteiger partial charge in [0.25, 0.3) is 0 Å². The Morgan fingerprint density at radius 3 is 0.814 bits per heavy atom. The number of carbonyl (C=O) groups excluding carboxylic acids is 2. The molecule has 97 heavy (non-hydrogen) atoms. The molecule has 542 valence electrons. The molecule has 10 heteroatoms. The Balaban J connectivity index is 4.02. The third kappa shape index (κ3) is 78.9. The summed E-state index contributed by atoms with van der Waals surface area (Å²) in [5.41, 5.74) is 5.40. The SMILES string of the molecule is CC/C=C\C/C=C\C/C=C\C/C=C\C/C=C\C/C=C\C/C=C\C/C=C\C/C=C\C/C=C\C/C=C\C/C=C\CCCCC(=O)OC(COC(=O)CCCCCCCCCCCCCCCCC/C=C\C/C=C\C/C=C\C/C=C\C/C=C\C/C=C\C/C=C\CC)COP(=O)(O)OCCN. The summed E-state index contributed by atoms with van der Waals surface area (Å²) in [5.74, 6) is -0.892. The Kier molecular flexibility index (Phi) is 74.2. The summed E-state index contributed by atoms with van der Waals surface area (Å²) >= 11 is 0. The molecule has 9 nitrogen and oxygen atoms in total. The molecule has 0 bridgehead atoms. The van der Waals surface area contributed by atoms with Crippen LogP contribution in [0.2, 0.25) is 0 Å². The molecule has 3 N–H and O–H groups in total. The van der Waals surface area contributed by atoms with Crippen LogP contribution in [0, 0.1) is 0 Å². The summed E-state index contributed by atoms with van der Waals surface area (Å²) in [6.07, 6.45) is 124. The zero-order valence-electron chi connectivity index (χ0n) is 61.0. The minimum atomic E-state index is -4.42. The molecular formula is C87H136NO8P. The van der Waals surface area contributed by atoms with Gasteiger partial charge in [0.15, 0.2) is 6.10 Å². The van der Waals surface area contributed by atoms with Crippen LogP contribution in [0.3, 0.4) is 0 Å². The quantitative estimate of drug-likeness (QED) is 0.0264. The van der Waals surface area contributed by atoms with Crippen molar-refractivity contribution in [3.05, 3.63) is 231 Å². The smallest absolute Gasteiger partial charge is 0.462 e. The Morgan fingerprint density at radius 2 is 0.536 bits per heavy atom. The van der Waals surface area contributed by atoms with Crippen molar-refractivity contribution < 1.29 is 37.6 Å². The molecule has 0 heterocycles. The van der Waals surface area contributed by atoms with Gasteiger partial charge in [0.05, 0.1) is 13.2 Å². The van der Waals surface area contributed by atoms with Gasteiger partial charge in [0.1, 0.15) is 6.61 Å². The number of nitrogens with two attached hydrogens (primary N) is 1. The first-order chi connectivity index (χ1) is 47.8. The summed E-state index contributed by atoms with van der Waals surface area (Å²) in [6.45, 7) is 3.45. The lowest BCUT2D eigenvalue weighted by atomic mass is 10.0. The van der Waals surface area contributed by atoms with Crippen molar-refractivity contribution in [2.75, 3.05) is 26.4 Å². The number of esters is 2. The lowest BCUT2D eigenvalue weighted by Crippen LogP contribution is -2.29. The normalized spacial score (nSPS) is 14.2. The molecule has 0 aliphatic carbocycles. The minimum Gasteiger partial charge on any atom is -0.462 e. The average molecular weight is 1360 g/mol. The van der Waals surface area contributed by atoms with E-state index in [2.05, 4.69) is 245 Å². The first-order valence-electron chi connectivity index (χ1n) is 37.9. The maximum atomic E-state index is 12.8. The highest BCUT2D eigenvalue weighted by Crippen LogP contribution is 2.43. The standard InChI is InChI=1S/C87H136NO8P/c1-3-5-7-9-11-13-15-17-19-21-23-25-27-29-31-33-35-37-39-41-42-44-46-48-50-52-54-56-58-60-62-64-66-68-70-72-74-76-78-80-87(90)96-85(84-95-97(91,92)94-82-81-88)83-93-86(89)79-77-75-73-71-69-67-65-63-61-59-57-55-53-51-49-47-45-43-40-38-36-34-32-30-28-26-24-22-20-18-16-14-12-10-8-6-4-2/h5-8,11-14,17-20,23-26,29-32,35-38,41-43,45-46,48,52,54,58,60,64,66,70,72,85H,3-4,9-10,15-16,21-22,27-28,33-34,39-40,44,47,49-51,53,55-57,59,61-63,65,67-69,71,73-84,88H2,1-2H3,(H,91,92)/b7-5-,8-6-,13-11-,14-12-,19-17-,20-18-,25-23-,26-24-,31-29-,32-30-,37-35-,38-36-,42-41-,45-43-,48-46-,54-52-,60-58-,66-64-,72-70-. The highest BCUT2D eigenvalue weighted by molar-refractivity contribution is 7.47. The average Bonchev–Trinajstić information content (AvgIpc) is 2.88. The van der Waals surface area contributed by atoms with E-state index >= 15 is 0 Å². The number of carbonyl (C=O) groups is 2. The van der Waals surface area contributed by atoms with E-state index < -0.39 is 32.5 Å². The van der Waals surface area contributed by atoms with Gasteiger partial charge in [-0.3, -0.25) is 18.6 Å². The van der Waals surface area contributed by atoms with E-state index in [0.717, 1.165) is 154 Å². The number of hydrogen-bond donors (Lipinski definition) is 2. The van der Waals surface area contributed by atoms with E-state index in [9.17, 15) is 19.0 Å². The van der Waals surface area contributed by atoms with Crippen molar-refractivity contribution in [3.63, 3.8) is 0 Å². The van der Waals surface area contributed by atoms with Gasteiger partial charge in [-0.05, 0) is 161 Å². The molecule has 0 amide bonds. The van der Waals surface area contributed by atoms with Crippen LogP contribution in [0.25, 0.3) is 0 Å². The summed E-state index contributed by atoms with van der Waals surface area (Å²) in [7, 11) is -4.42. The summed E-state index contributed by atoms with van der Waals surface area (Å²) < 4.78 is 33.2. The molecule has 0 saturated carbocycles. The van der Waals surface area contributed by atoms with E-state index in [0.29, 0.717) is 12.8 Å². The van der Waals surface area contributed by atoms with Crippen LogP contribution in [-0.2, 0) is 32.7 Å².